The highest BCUT2D eigenvalue weighted by molar-refractivity contribution is 4.97. The zero-order valence-corrected chi connectivity index (χ0v) is 10.4. The van der Waals surface area contributed by atoms with Gasteiger partial charge in [0.2, 0.25) is 5.89 Å². The minimum absolute atomic E-state index is 0.232. The third kappa shape index (κ3) is 3.04. The molecule has 1 fully saturated rings. The van der Waals surface area contributed by atoms with E-state index in [9.17, 15) is 0 Å². The molecule has 2 N–H and O–H groups in total. The van der Waals surface area contributed by atoms with E-state index in [1.807, 2.05) is 0 Å². The van der Waals surface area contributed by atoms with E-state index in [1.165, 1.54) is 19.3 Å². The molecule has 0 spiro atoms. The summed E-state index contributed by atoms with van der Waals surface area (Å²) in [7, 11) is 1.70. The third-order valence-electron chi connectivity index (χ3n) is 3.63. The van der Waals surface area contributed by atoms with Crippen molar-refractivity contribution in [1.82, 2.24) is 10.1 Å². The zero-order chi connectivity index (χ0) is 12.1. The van der Waals surface area contributed by atoms with E-state index in [0.717, 1.165) is 37.6 Å². The average molecular weight is 239 g/mol. The van der Waals surface area contributed by atoms with Crippen molar-refractivity contribution in [2.75, 3.05) is 20.3 Å². The molecule has 96 valence electrons. The Bertz CT molecular complexity index is 342. The molecule has 1 aliphatic rings. The molecule has 0 bridgehead atoms. The van der Waals surface area contributed by atoms with Crippen LogP contribution in [0.5, 0.6) is 0 Å². The van der Waals surface area contributed by atoms with Gasteiger partial charge in [0.15, 0.2) is 5.82 Å². The Morgan fingerprint density at radius 1 is 1.47 bits per heavy atom. The first-order valence-electron chi connectivity index (χ1n) is 6.28. The molecule has 17 heavy (non-hydrogen) atoms. The summed E-state index contributed by atoms with van der Waals surface area (Å²) in [6, 6.07) is 0. The van der Waals surface area contributed by atoms with Crippen LogP contribution >= 0.6 is 0 Å². The Kier molecular flexibility index (Phi) is 4.12. The largest absolute Gasteiger partial charge is 0.385 e. The summed E-state index contributed by atoms with van der Waals surface area (Å²) < 4.78 is 10.3. The molecule has 1 aliphatic carbocycles. The van der Waals surface area contributed by atoms with Gasteiger partial charge in [-0.1, -0.05) is 11.6 Å². The van der Waals surface area contributed by atoms with Gasteiger partial charge < -0.3 is 15.0 Å². The second-order valence-corrected chi connectivity index (χ2v) is 4.94. The quantitative estimate of drug-likeness (QED) is 0.726. The lowest BCUT2D eigenvalue weighted by Gasteiger charge is -2.39. The van der Waals surface area contributed by atoms with Gasteiger partial charge in [0.1, 0.15) is 0 Å². The summed E-state index contributed by atoms with van der Waals surface area (Å²) in [5.41, 5.74) is 6.05. The highest BCUT2D eigenvalue weighted by atomic mass is 16.5. The van der Waals surface area contributed by atoms with Gasteiger partial charge in [-0.2, -0.15) is 4.98 Å². The molecule has 0 saturated heterocycles. The van der Waals surface area contributed by atoms with E-state index in [1.54, 1.807) is 7.11 Å². The predicted molar refractivity (Wildman–Crippen MR) is 63.5 cm³/mol. The fourth-order valence-corrected chi connectivity index (χ4v) is 2.29. The lowest BCUT2D eigenvalue weighted by atomic mass is 9.67. The number of ether oxygens (including phenoxy) is 1. The molecule has 1 aromatic rings. The van der Waals surface area contributed by atoms with Crippen molar-refractivity contribution >= 4 is 0 Å². The Morgan fingerprint density at radius 2 is 2.29 bits per heavy atom. The van der Waals surface area contributed by atoms with Crippen molar-refractivity contribution in [3.8, 4) is 0 Å². The molecule has 0 aliphatic heterocycles. The molecular weight excluding hydrogens is 218 g/mol. The van der Waals surface area contributed by atoms with Crippen LogP contribution in [0.25, 0.3) is 0 Å². The van der Waals surface area contributed by atoms with E-state index in [4.69, 9.17) is 15.0 Å². The number of hydrogen-bond acceptors (Lipinski definition) is 5. The van der Waals surface area contributed by atoms with Crippen molar-refractivity contribution < 1.29 is 9.26 Å². The van der Waals surface area contributed by atoms with Crippen LogP contribution < -0.4 is 5.73 Å². The van der Waals surface area contributed by atoms with Crippen LogP contribution in [0, 0.1) is 5.41 Å². The molecule has 0 unspecified atom stereocenters. The Hall–Kier alpha value is -0.940. The van der Waals surface area contributed by atoms with E-state index >= 15 is 0 Å². The Morgan fingerprint density at radius 3 is 2.88 bits per heavy atom. The second-order valence-electron chi connectivity index (χ2n) is 4.94. The Labute approximate surface area is 102 Å². The lowest BCUT2D eigenvalue weighted by molar-refractivity contribution is 0.129. The minimum Gasteiger partial charge on any atom is -0.385 e. The van der Waals surface area contributed by atoms with E-state index in [-0.39, 0.29) is 5.41 Å². The van der Waals surface area contributed by atoms with Crippen LogP contribution in [-0.4, -0.2) is 30.4 Å². The average Bonchev–Trinajstić information content (AvgIpc) is 2.72. The van der Waals surface area contributed by atoms with Gasteiger partial charge in [-0.3, -0.25) is 0 Å². The first-order chi connectivity index (χ1) is 8.28. The molecular formula is C12H21N3O2. The molecule has 5 nitrogen and oxygen atoms in total. The van der Waals surface area contributed by atoms with Crippen molar-refractivity contribution in [2.45, 2.75) is 38.5 Å². The van der Waals surface area contributed by atoms with Crippen LogP contribution in [-0.2, 0) is 17.6 Å². The molecule has 2 rings (SSSR count). The van der Waals surface area contributed by atoms with Gasteiger partial charge in [0.05, 0.1) is 0 Å². The number of hydrogen-bond donors (Lipinski definition) is 1. The number of aryl methyl sites for hydroxylation is 1. The number of methoxy groups -OCH3 is 1. The highest BCUT2D eigenvalue weighted by Crippen LogP contribution is 2.42. The molecule has 0 radical (unpaired) electrons. The molecule has 5 heteroatoms. The number of rotatable bonds is 7. The summed E-state index contributed by atoms with van der Waals surface area (Å²) in [6.07, 6.45) is 6.22. The standard InChI is InChI=1S/C12H21N3O2/c1-16-7-2-4-10-14-11(17-15-10)8-12(9-13)5-3-6-12/h2-9,13H2,1H3. The SMILES string of the molecule is COCCCc1noc(CC2(CN)CCC2)n1. The first kappa shape index (κ1) is 12.5. The molecule has 1 heterocycles. The maximum Gasteiger partial charge on any atom is 0.227 e. The lowest BCUT2D eigenvalue weighted by Crippen LogP contribution is -2.39. The summed E-state index contributed by atoms with van der Waals surface area (Å²) in [6.45, 7) is 1.45. The minimum atomic E-state index is 0.232. The van der Waals surface area contributed by atoms with Gasteiger partial charge in [0, 0.05) is 26.6 Å². The normalized spacial score (nSPS) is 18.0. The van der Waals surface area contributed by atoms with Crippen LogP contribution in [0.4, 0.5) is 0 Å². The molecule has 1 saturated carbocycles. The fraction of sp³-hybridized carbons (Fsp3) is 0.833. The summed E-state index contributed by atoms with van der Waals surface area (Å²) >= 11 is 0. The molecule has 0 atom stereocenters. The number of aromatic nitrogens is 2. The maximum atomic E-state index is 5.82. The van der Waals surface area contributed by atoms with Gasteiger partial charge in [-0.05, 0) is 31.2 Å². The number of nitrogens with zero attached hydrogens (tertiary/aromatic N) is 2. The monoisotopic (exact) mass is 239 g/mol. The smallest absolute Gasteiger partial charge is 0.227 e. The highest BCUT2D eigenvalue weighted by Gasteiger charge is 2.37. The molecule has 0 aromatic carbocycles. The van der Waals surface area contributed by atoms with Crippen molar-refractivity contribution in [3.05, 3.63) is 11.7 Å². The van der Waals surface area contributed by atoms with Crippen molar-refractivity contribution in [1.29, 1.82) is 0 Å². The van der Waals surface area contributed by atoms with E-state index in [2.05, 4.69) is 10.1 Å². The second kappa shape index (κ2) is 5.60. The topological polar surface area (TPSA) is 74.2 Å². The third-order valence-corrected chi connectivity index (χ3v) is 3.63. The van der Waals surface area contributed by atoms with Crippen LogP contribution in [0.2, 0.25) is 0 Å². The van der Waals surface area contributed by atoms with Gasteiger partial charge >= 0.3 is 0 Å². The molecule has 1 aromatic heterocycles. The fourth-order valence-electron chi connectivity index (χ4n) is 2.29. The zero-order valence-electron chi connectivity index (χ0n) is 10.4. The van der Waals surface area contributed by atoms with E-state index < -0.39 is 0 Å². The van der Waals surface area contributed by atoms with Gasteiger partial charge in [-0.15, -0.1) is 0 Å². The van der Waals surface area contributed by atoms with E-state index in [0.29, 0.717) is 6.54 Å². The summed E-state index contributed by atoms with van der Waals surface area (Å²) in [4.78, 5) is 4.41. The van der Waals surface area contributed by atoms with Crippen LogP contribution in [0.1, 0.15) is 37.4 Å². The van der Waals surface area contributed by atoms with Gasteiger partial charge in [-0.25, -0.2) is 0 Å². The van der Waals surface area contributed by atoms with Crippen molar-refractivity contribution in [3.63, 3.8) is 0 Å². The molecule has 0 amide bonds. The number of nitrogens with two attached hydrogens (primary N) is 1. The van der Waals surface area contributed by atoms with Crippen LogP contribution in [0.3, 0.4) is 0 Å². The Balaban J connectivity index is 1.85. The summed E-state index contributed by atoms with van der Waals surface area (Å²) in [5, 5.41) is 3.98. The van der Waals surface area contributed by atoms with Gasteiger partial charge in [0.25, 0.3) is 0 Å². The summed E-state index contributed by atoms with van der Waals surface area (Å²) in [5.74, 6) is 1.52. The van der Waals surface area contributed by atoms with Crippen LogP contribution in [0.15, 0.2) is 4.52 Å². The predicted octanol–water partition coefficient (Wildman–Crippen LogP) is 1.32. The van der Waals surface area contributed by atoms with Crippen molar-refractivity contribution in [2.24, 2.45) is 11.1 Å². The maximum absolute atomic E-state index is 5.82. The first-order valence-corrected chi connectivity index (χ1v) is 6.28.